The van der Waals surface area contributed by atoms with Crippen molar-refractivity contribution in [2.75, 3.05) is 19.8 Å². The molecule has 1 aliphatic heterocycles. The number of hydrogen-bond acceptors (Lipinski definition) is 4. The number of amides is 1. The van der Waals surface area contributed by atoms with Crippen LogP contribution in [0.4, 0.5) is 0 Å². The second-order valence-corrected chi connectivity index (χ2v) is 5.14. The van der Waals surface area contributed by atoms with Crippen molar-refractivity contribution in [1.82, 2.24) is 10.2 Å². The van der Waals surface area contributed by atoms with Gasteiger partial charge >= 0.3 is 5.97 Å². The highest BCUT2D eigenvalue weighted by atomic mass is 16.5. The summed E-state index contributed by atoms with van der Waals surface area (Å²) in [4.78, 5) is 24.5. The maximum absolute atomic E-state index is 12.0. The number of carboxylic acids is 1. The molecule has 0 aromatic heterocycles. The van der Waals surface area contributed by atoms with Gasteiger partial charge in [0.25, 0.3) is 0 Å². The zero-order valence-corrected chi connectivity index (χ0v) is 11.9. The van der Waals surface area contributed by atoms with Gasteiger partial charge in [-0.05, 0) is 33.6 Å². The molecule has 0 saturated carbocycles. The number of rotatable bonds is 7. The van der Waals surface area contributed by atoms with Crippen LogP contribution in [0.2, 0.25) is 0 Å². The van der Waals surface area contributed by atoms with Crippen LogP contribution in [-0.4, -0.2) is 59.8 Å². The summed E-state index contributed by atoms with van der Waals surface area (Å²) in [5.41, 5.74) is 0. The highest BCUT2D eigenvalue weighted by molar-refractivity contribution is 5.81. The van der Waals surface area contributed by atoms with E-state index in [1.807, 2.05) is 6.92 Å². The third-order valence-corrected chi connectivity index (χ3v) is 3.62. The van der Waals surface area contributed by atoms with Crippen LogP contribution in [0.15, 0.2) is 0 Å². The largest absolute Gasteiger partial charge is 0.480 e. The molecule has 1 saturated heterocycles. The molecular formula is C13H24N2O4. The van der Waals surface area contributed by atoms with Gasteiger partial charge in [-0.15, -0.1) is 0 Å². The fourth-order valence-electron chi connectivity index (χ4n) is 2.67. The van der Waals surface area contributed by atoms with Crippen molar-refractivity contribution in [2.45, 2.75) is 51.7 Å². The summed E-state index contributed by atoms with van der Waals surface area (Å²) in [5, 5.41) is 11.2. The quantitative estimate of drug-likeness (QED) is 0.658. The van der Waals surface area contributed by atoms with Crippen molar-refractivity contribution >= 4 is 11.9 Å². The lowest BCUT2D eigenvalue weighted by atomic mass is 10.2. The van der Waals surface area contributed by atoms with Gasteiger partial charge in [-0.3, -0.25) is 9.69 Å². The summed E-state index contributed by atoms with van der Waals surface area (Å²) in [6.45, 7) is 6.42. The van der Waals surface area contributed by atoms with Gasteiger partial charge in [-0.25, -0.2) is 4.79 Å². The van der Waals surface area contributed by atoms with Crippen molar-refractivity contribution in [3.05, 3.63) is 0 Å². The first-order valence-corrected chi connectivity index (χ1v) is 6.78. The van der Waals surface area contributed by atoms with Gasteiger partial charge < -0.3 is 15.2 Å². The van der Waals surface area contributed by atoms with E-state index in [2.05, 4.69) is 24.1 Å². The number of ether oxygens (including phenoxy) is 1. The van der Waals surface area contributed by atoms with E-state index in [-0.39, 0.29) is 25.2 Å². The van der Waals surface area contributed by atoms with Crippen molar-refractivity contribution in [3.63, 3.8) is 0 Å². The van der Waals surface area contributed by atoms with Crippen molar-refractivity contribution in [3.8, 4) is 0 Å². The Morgan fingerprint density at radius 1 is 1.37 bits per heavy atom. The van der Waals surface area contributed by atoms with Gasteiger partial charge in [0.15, 0.2) is 0 Å². The number of aliphatic carboxylic acids is 1. The third kappa shape index (κ3) is 4.80. The summed E-state index contributed by atoms with van der Waals surface area (Å²) >= 11 is 0. The maximum Gasteiger partial charge on any atom is 0.329 e. The lowest BCUT2D eigenvalue weighted by Crippen LogP contribution is -2.49. The first kappa shape index (κ1) is 15.9. The summed E-state index contributed by atoms with van der Waals surface area (Å²) in [6.07, 6.45) is 2.25. The van der Waals surface area contributed by atoms with Crippen LogP contribution in [-0.2, 0) is 14.3 Å². The maximum atomic E-state index is 12.0. The van der Waals surface area contributed by atoms with Gasteiger partial charge in [0.05, 0.1) is 12.6 Å². The van der Waals surface area contributed by atoms with Gasteiger partial charge in [-0.2, -0.15) is 0 Å². The molecule has 1 amide bonds. The van der Waals surface area contributed by atoms with Crippen LogP contribution >= 0.6 is 0 Å². The van der Waals surface area contributed by atoms with Gasteiger partial charge in [0.2, 0.25) is 5.91 Å². The Morgan fingerprint density at radius 2 is 1.95 bits per heavy atom. The molecule has 0 aromatic rings. The molecule has 19 heavy (non-hydrogen) atoms. The molecule has 0 radical (unpaired) electrons. The molecule has 1 fully saturated rings. The van der Waals surface area contributed by atoms with Gasteiger partial charge in [0, 0.05) is 18.6 Å². The number of nitrogens with one attached hydrogen (secondary N) is 1. The molecule has 6 nitrogen and oxygen atoms in total. The van der Waals surface area contributed by atoms with E-state index in [0.29, 0.717) is 18.6 Å². The molecular weight excluding hydrogens is 248 g/mol. The summed E-state index contributed by atoms with van der Waals surface area (Å²) in [5.74, 6) is -1.03. The number of carbonyl (C=O) groups excluding carboxylic acids is 1. The molecule has 1 rings (SSSR count). The Bertz CT molecular complexity index is 312. The molecule has 3 atom stereocenters. The molecule has 1 aliphatic rings. The standard InChI is InChI=1S/C13H24N2O4/c1-9-4-5-10(2)15(9)11(3)13(18)14-6-7-19-8-12(16)17/h9-11H,4-8H2,1-3H3,(H,14,18)(H,16,17). The summed E-state index contributed by atoms with van der Waals surface area (Å²) < 4.78 is 4.87. The summed E-state index contributed by atoms with van der Waals surface area (Å²) in [6, 6.07) is 0.699. The first-order chi connectivity index (χ1) is 8.93. The molecule has 110 valence electrons. The Hall–Kier alpha value is -1.14. The topological polar surface area (TPSA) is 78.9 Å². The Balaban J connectivity index is 2.27. The SMILES string of the molecule is CC1CCC(C)N1C(C)C(=O)NCCOCC(=O)O. The van der Waals surface area contributed by atoms with E-state index >= 15 is 0 Å². The van der Waals surface area contributed by atoms with Crippen molar-refractivity contribution < 1.29 is 19.4 Å². The van der Waals surface area contributed by atoms with E-state index in [4.69, 9.17) is 9.84 Å². The lowest BCUT2D eigenvalue weighted by molar-refractivity contribution is -0.142. The zero-order chi connectivity index (χ0) is 14.4. The third-order valence-electron chi connectivity index (χ3n) is 3.62. The average Bonchev–Trinajstić information content (AvgIpc) is 2.67. The minimum atomic E-state index is -1.00. The Morgan fingerprint density at radius 3 is 2.47 bits per heavy atom. The second kappa shape index (κ2) is 7.45. The number of likely N-dealkylation sites (tertiary alicyclic amines) is 1. The van der Waals surface area contributed by atoms with Crippen LogP contribution < -0.4 is 5.32 Å². The van der Waals surface area contributed by atoms with Crippen LogP contribution in [0, 0.1) is 0 Å². The fraction of sp³-hybridized carbons (Fsp3) is 0.846. The van der Waals surface area contributed by atoms with Crippen LogP contribution in [0.1, 0.15) is 33.6 Å². The molecule has 0 spiro atoms. The minimum absolute atomic E-state index is 0.0282. The molecule has 2 N–H and O–H groups in total. The highest BCUT2D eigenvalue weighted by Crippen LogP contribution is 2.25. The number of carboxylic acid groups (broad SMARTS) is 1. The average molecular weight is 272 g/mol. The van der Waals surface area contributed by atoms with E-state index in [1.54, 1.807) is 0 Å². The van der Waals surface area contributed by atoms with E-state index < -0.39 is 5.97 Å². The molecule has 1 heterocycles. The molecule has 0 aromatic carbocycles. The Kier molecular flexibility index (Phi) is 6.24. The van der Waals surface area contributed by atoms with Crippen LogP contribution in [0.25, 0.3) is 0 Å². The molecule has 0 aliphatic carbocycles. The van der Waals surface area contributed by atoms with Gasteiger partial charge in [0.1, 0.15) is 6.61 Å². The van der Waals surface area contributed by atoms with Crippen LogP contribution in [0.5, 0.6) is 0 Å². The van der Waals surface area contributed by atoms with E-state index in [9.17, 15) is 9.59 Å². The summed E-state index contributed by atoms with van der Waals surface area (Å²) in [7, 11) is 0. The highest BCUT2D eigenvalue weighted by Gasteiger charge is 2.33. The minimum Gasteiger partial charge on any atom is -0.480 e. The zero-order valence-electron chi connectivity index (χ0n) is 11.9. The van der Waals surface area contributed by atoms with Gasteiger partial charge in [-0.1, -0.05) is 0 Å². The number of carbonyl (C=O) groups is 2. The van der Waals surface area contributed by atoms with E-state index in [0.717, 1.165) is 12.8 Å². The normalized spacial score (nSPS) is 25.2. The fourth-order valence-corrected chi connectivity index (χ4v) is 2.67. The predicted octanol–water partition coefficient (Wildman–Crippen LogP) is 0.465. The molecule has 3 unspecified atom stereocenters. The Labute approximate surface area is 114 Å². The van der Waals surface area contributed by atoms with Crippen LogP contribution in [0.3, 0.4) is 0 Å². The van der Waals surface area contributed by atoms with Crippen molar-refractivity contribution in [1.29, 1.82) is 0 Å². The lowest BCUT2D eigenvalue weighted by Gasteiger charge is -2.31. The second-order valence-electron chi connectivity index (χ2n) is 5.14. The molecule has 0 bridgehead atoms. The first-order valence-electron chi connectivity index (χ1n) is 6.78. The monoisotopic (exact) mass is 272 g/mol. The van der Waals surface area contributed by atoms with Crippen molar-refractivity contribution in [2.24, 2.45) is 0 Å². The van der Waals surface area contributed by atoms with E-state index in [1.165, 1.54) is 0 Å². The predicted molar refractivity (Wildman–Crippen MR) is 70.9 cm³/mol. The molecule has 6 heteroatoms. The smallest absolute Gasteiger partial charge is 0.329 e. The number of hydrogen-bond donors (Lipinski definition) is 2. The number of nitrogens with zero attached hydrogens (tertiary/aromatic N) is 1.